The first kappa shape index (κ1) is 18.3. The van der Waals surface area contributed by atoms with Crippen LogP contribution in [0.15, 0.2) is 30.0 Å². The Morgan fingerprint density at radius 3 is 2.41 bits per heavy atom. The molecule has 0 heterocycles. The van der Waals surface area contributed by atoms with Gasteiger partial charge < -0.3 is 9.84 Å². The predicted molar refractivity (Wildman–Crippen MR) is 90.7 cm³/mol. The van der Waals surface area contributed by atoms with E-state index in [0.29, 0.717) is 12.5 Å². The van der Waals surface area contributed by atoms with Crippen LogP contribution in [0.3, 0.4) is 0 Å². The van der Waals surface area contributed by atoms with Gasteiger partial charge in [0.15, 0.2) is 0 Å². The van der Waals surface area contributed by atoms with E-state index in [2.05, 4.69) is 20.8 Å². The fourth-order valence-electron chi connectivity index (χ4n) is 2.25. The van der Waals surface area contributed by atoms with Gasteiger partial charge in [-0.05, 0) is 36.0 Å². The summed E-state index contributed by atoms with van der Waals surface area (Å²) < 4.78 is 5.41. The Bertz CT molecular complexity index is 472. The molecule has 0 aliphatic rings. The van der Waals surface area contributed by atoms with Gasteiger partial charge in [0, 0.05) is 0 Å². The van der Waals surface area contributed by atoms with Crippen LogP contribution in [0.5, 0.6) is 0 Å². The molecule has 1 rings (SSSR count). The van der Waals surface area contributed by atoms with Crippen molar-refractivity contribution in [2.24, 2.45) is 5.92 Å². The SMILES string of the molecule is CCCCCCOC(=Cc1ccc(CC(C)C)cc1)C(=O)O. The molecule has 0 spiro atoms. The number of ether oxygens (including phenoxy) is 1. The lowest BCUT2D eigenvalue weighted by atomic mass is 10.0. The summed E-state index contributed by atoms with van der Waals surface area (Å²) in [6, 6.07) is 7.99. The maximum absolute atomic E-state index is 11.2. The minimum Gasteiger partial charge on any atom is -0.487 e. The highest BCUT2D eigenvalue weighted by Gasteiger charge is 2.09. The number of hydrogen-bond acceptors (Lipinski definition) is 2. The van der Waals surface area contributed by atoms with Crippen molar-refractivity contribution in [2.45, 2.75) is 52.9 Å². The first-order valence-electron chi connectivity index (χ1n) is 8.19. The second-order valence-corrected chi connectivity index (χ2v) is 6.06. The zero-order valence-electron chi connectivity index (χ0n) is 14.0. The molecule has 0 saturated carbocycles. The highest BCUT2D eigenvalue weighted by Crippen LogP contribution is 2.13. The van der Waals surface area contributed by atoms with Crippen molar-refractivity contribution in [3.8, 4) is 0 Å². The standard InChI is InChI=1S/C19H28O3/c1-4-5-6-7-12-22-18(19(20)21)14-17-10-8-16(9-11-17)13-15(2)3/h8-11,14-15H,4-7,12-13H2,1-3H3,(H,20,21). The van der Waals surface area contributed by atoms with Gasteiger partial charge in [0.2, 0.25) is 5.76 Å². The van der Waals surface area contributed by atoms with Crippen molar-refractivity contribution in [3.05, 3.63) is 41.2 Å². The summed E-state index contributed by atoms with van der Waals surface area (Å²) in [5, 5.41) is 9.22. The van der Waals surface area contributed by atoms with Crippen molar-refractivity contribution >= 4 is 12.0 Å². The molecular weight excluding hydrogens is 276 g/mol. The van der Waals surface area contributed by atoms with E-state index in [-0.39, 0.29) is 5.76 Å². The Labute approximate surface area is 134 Å². The lowest BCUT2D eigenvalue weighted by molar-refractivity contribution is -0.136. The largest absolute Gasteiger partial charge is 0.487 e. The molecular formula is C19H28O3. The summed E-state index contributed by atoms with van der Waals surface area (Å²) in [6.07, 6.45) is 6.92. The second-order valence-electron chi connectivity index (χ2n) is 6.06. The van der Waals surface area contributed by atoms with Gasteiger partial charge in [-0.25, -0.2) is 4.79 Å². The summed E-state index contributed by atoms with van der Waals surface area (Å²) in [5.74, 6) is -0.378. The molecule has 3 nitrogen and oxygen atoms in total. The quantitative estimate of drug-likeness (QED) is 0.379. The molecule has 0 aliphatic heterocycles. The molecule has 0 unspecified atom stereocenters. The highest BCUT2D eigenvalue weighted by molar-refractivity contribution is 5.89. The van der Waals surface area contributed by atoms with Crippen LogP contribution in [0.1, 0.15) is 57.6 Å². The van der Waals surface area contributed by atoms with E-state index >= 15 is 0 Å². The number of unbranched alkanes of at least 4 members (excludes halogenated alkanes) is 3. The molecule has 0 bridgehead atoms. The molecule has 0 saturated heterocycles. The molecule has 0 atom stereocenters. The molecule has 0 radical (unpaired) electrons. The van der Waals surface area contributed by atoms with Crippen LogP contribution < -0.4 is 0 Å². The number of carbonyl (C=O) groups is 1. The normalized spacial score (nSPS) is 11.7. The Morgan fingerprint density at radius 1 is 1.18 bits per heavy atom. The first-order chi connectivity index (χ1) is 10.5. The van der Waals surface area contributed by atoms with Crippen molar-refractivity contribution in [3.63, 3.8) is 0 Å². The molecule has 1 N–H and O–H groups in total. The highest BCUT2D eigenvalue weighted by atomic mass is 16.5. The van der Waals surface area contributed by atoms with Crippen LogP contribution in [0.25, 0.3) is 6.08 Å². The summed E-state index contributed by atoms with van der Waals surface area (Å²) in [4.78, 5) is 11.2. The smallest absolute Gasteiger partial charge is 0.371 e. The number of benzene rings is 1. The van der Waals surface area contributed by atoms with Gasteiger partial charge in [0.05, 0.1) is 6.61 Å². The monoisotopic (exact) mass is 304 g/mol. The molecule has 1 aromatic rings. The van der Waals surface area contributed by atoms with Crippen LogP contribution in [0, 0.1) is 5.92 Å². The summed E-state index contributed by atoms with van der Waals surface area (Å²) in [5.41, 5.74) is 2.13. The molecule has 0 aromatic heterocycles. The zero-order valence-corrected chi connectivity index (χ0v) is 14.0. The average Bonchev–Trinajstić information content (AvgIpc) is 2.47. The summed E-state index contributed by atoms with van der Waals surface area (Å²) >= 11 is 0. The average molecular weight is 304 g/mol. The van der Waals surface area contributed by atoms with Crippen LogP contribution in [-0.2, 0) is 16.0 Å². The summed E-state index contributed by atoms with van der Waals surface area (Å²) in [7, 11) is 0. The number of carboxylic acids is 1. The van der Waals surface area contributed by atoms with Gasteiger partial charge in [-0.15, -0.1) is 0 Å². The molecule has 1 aromatic carbocycles. The number of aliphatic carboxylic acids is 1. The molecule has 0 amide bonds. The van der Waals surface area contributed by atoms with E-state index in [1.807, 2.05) is 24.3 Å². The fourth-order valence-corrected chi connectivity index (χ4v) is 2.25. The Hall–Kier alpha value is -1.77. The van der Waals surface area contributed by atoms with Gasteiger partial charge in [-0.3, -0.25) is 0 Å². The minimum atomic E-state index is -1.01. The third kappa shape index (κ3) is 7.30. The molecule has 22 heavy (non-hydrogen) atoms. The third-order valence-electron chi connectivity index (χ3n) is 3.39. The van der Waals surface area contributed by atoms with E-state index in [1.54, 1.807) is 6.08 Å². The fraction of sp³-hybridized carbons (Fsp3) is 0.526. The van der Waals surface area contributed by atoms with Crippen LogP contribution in [-0.4, -0.2) is 17.7 Å². The van der Waals surface area contributed by atoms with Gasteiger partial charge in [-0.2, -0.15) is 0 Å². The number of carboxylic acid groups (broad SMARTS) is 1. The maximum Gasteiger partial charge on any atom is 0.371 e. The first-order valence-corrected chi connectivity index (χ1v) is 8.19. The van der Waals surface area contributed by atoms with Crippen LogP contribution in [0.2, 0.25) is 0 Å². The second kappa shape index (κ2) is 10.0. The maximum atomic E-state index is 11.2. The zero-order chi connectivity index (χ0) is 16.4. The Kier molecular flexibility index (Phi) is 8.34. The molecule has 0 aliphatic carbocycles. The molecule has 3 heteroatoms. The van der Waals surface area contributed by atoms with Gasteiger partial charge in [0.1, 0.15) is 0 Å². The Balaban J connectivity index is 2.62. The van der Waals surface area contributed by atoms with Crippen LogP contribution >= 0.6 is 0 Å². The predicted octanol–water partition coefficient (Wildman–Crippen LogP) is 4.91. The van der Waals surface area contributed by atoms with E-state index in [1.165, 1.54) is 5.56 Å². The van der Waals surface area contributed by atoms with E-state index in [4.69, 9.17) is 4.74 Å². The van der Waals surface area contributed by atoms with Gasteiger partial charge in [-0.1, -0.05) is 64.3 Å². The molecule has 0 fully saturated rings. The van der Waals surface area contributed by atoms with E-state index in [0.717, 1.165) is 37.7 Å². The third-order valence-corrected chi connectivity index (χ3v) is 3.39. The van der Waals surface area contributed by atoms with Gasteiger partial charge in [0.25, 0.3) is 0 Å². The van der Waals surface area contributed by atoms with Crippen molar-refractivity contribution in [1.82, 2.24) is 0 Å². The van der Waals surface area contributed by atoms with Crippen molar-refractivity contribution in [1.29, 1.82) is 0 Å². The number of rotatable bonds is 10. The van der Waals surface area contributed by atoms with Crippen molar-refractivity contribution in [2.75, 3.05) is 6.61 Å². The number of hydrogen-bond donors (Lipinski definition) is 1. The minimum absolute atomic E-state index is 0.0214. The van der Waals surface area contributed by atoms with Gasteiger partial charge >= 0.3 is 5.97 Å². The molecule has 122 valence electrons. The topological polar surface area (TPSA) is 46.5 Å². The van der Waals surface area contributed by atoms with Crippen molar-refractivity contribution < 1.29 is 14.6 Å². The Morgan fingerprint density at radius 2 is 1.86 bits per heavy atom. The van der Waals surface area contributed by atoms with E-state index < -0.39 is 5.97 Å². The van der Waals surface area contributed by atoms with E-state index in [9.17, 15) is 9.90 Å². The summed E-state index contributed by atoms with van der Waals surface area (Å²) in [6.45, 7) is 6.97. The van der Waals surface area contributed by atoms with Crippen LogP contribution in [0.4, 0.5) is 0 Å². The lowest BCUT2D eigenvalue weighted by Gasteiger charge is -2.08. The lowest BCUT2D eigenvalue weighted by Crippen LogP contribution is -2.06.